The van der Waals surface area contributed by atoms with E-state index in [9.17, 15) is 14.7 Å². The molecule has 0 unspecified atom stereocenters. The van der Waals surface area contributed by atoms with E-state index < -0.39 is 14.2 Å². The lowest BCUT2D eigenvalue weighted by atomic mass is 9.36. The van der Waals surface area contributed by atoms with E-state index in [1.165, 1.54) is 11.1 Å². The van der Waals surface area contributed by atoms with Crippen LogP contribution in [0, 0.1) is 16.9 Å². The van der Waals surface area contributed by atoms with Gasteiger partial charge in [0.25, 0.3) is 5.91 Å². The molecule has 6 nitrogen and oxygen atoms in total. The first-order valence-electron chi connectivity index (χ1n) is 12.0. The van der Waals surface area contributed by atoms with Crippen molar-refractivity contribution in [2.24, 2.45) is 5.41 Å². The van der Waals surface area contributed by atoms with Gasteiger partial charge in [0.15, 0.2) is 0 Å². The fourth-order valence-corrected chi connectivity index (χ4v) is 6.76. The van der Waals surface area contributed by atoms with E-state index in [1.807, 2.05) is 6.07 Å². The van der Waals surface area contributed by atoms with Crippen LogP contribution in [0.25, 0.3) is 0 Å². The number of ether oxygens (including phenoxy) is 1. The summed E-state index contributed by atoms with van der Waals surface area (Å²) in [5, 5.41) is 12.0. The van der Waals surface area contributed by atoms with E-state index in [4.69, 9.17) is 4.74 Å². The van der Waals surface area contributed by atoms with Crippen molar-refractivity contribution in [3.8, 4) is 17.2 Å². The molecule has 1 aromatic carbocycles. The lowest BCUT2D eigenvalue weighted by Crippen LogP contribution is -2.78. The molecule has 3 saturated carbocycles. The van der Waals surface area contributed by atoms with E-state index in [1.54, 1.807) is 7.11 Å². The Labute approximate surface area is 198 Å². The molecule has 2 amide bonds. The molecule has 0 saturated heterocycles. The summed E-state index contributed by atoms with van der Waals surface area (Å²) in [4.78, 5) is 27.0. The van der Waals surface area contributed by atoms with E-state index in [0.29, 0.717) is 0 Å². The topological polar surface area (TPSA) is 78.9 Å². The Morgan fingerprint density at radius 1 is 1.27 bits per heavy atom. The minimum atomic E-state index is -1.70. The zero-order valence-corrected chi connectivity index (χ0v) is 21.5. The molecule has 3 fully saturated rings. The van der Waals surface area contributed by atoms with E-state index in [2.05, 4.69) is 60.4 Å². The normalized spacial score (nSPS) is 29.5. The van der Waals surface area contributed by atoms with Crippen LogP contribution in [0.1, 0.15) is 62.6 Å². The number of unbranched alkanes of at least 4 members (excludes halogenated alkanes) is 1. The van der Waals surface area contributed by atoms with Crippen molar-refractivity contribution in [3.63, 3.8) is 0 Å². The van der Waals surface area contributed by atoms with Crippen molar-refractivity contribution in [2.75, 3.05) is 7.11 Å². The summed E-state index contributed by atoms with van der Waals surface area (Å²) in [5.41, 5.74) is 5.28. The molecule has 2 atom stereocenters. The Morgan fingerprint density at radius 2 is 1.97 bits per heavy atom. The monoisotopic (exact) mass is 468 g/mol. The number of amides is 2. The van der Waals surface area contributed by atoms with Crippen molar-refractivity contribution < 1.29 is 19.4 Å². The first kappa shape index (κ1) is 23.7. The Bertz CT molecular complexity index is 1000. The summed E-state index contributed by atoms with van der Waals surface area (Å²) < 4.78 is 5.50. The van der Waals surface area contributed by atoms with Crippen LogP contribution < -0.4 is 10.1 Å². The van der Waals surface area contributed by atoms with Crippen LogP contribution >= 0.6 is 0 Å². The Balaban J connectivity index is 1.75. The van der Waals surface area contributed by atoms with Gasteiger partial charge in [-0.2, -0.15) is 0 Å². The molecule has 5 rings (SSSR count). The highest BCUT2D eigenvalue weighted by atomic mass is 28.3. The number of carbonyl (C=O) groups is 2. The van der Waals surface area contributed by atoms with Crippen LogP contribution in [0.15, 0.2) is 18.2 Å². The molecule has 3 aliphatic carbocycles. The number of fused-ring (bicyclic) bond motifs is 1. The van der Waals surface area contributed by atoms with E-state index >= 15 is 0 Å². The first-order valence-corrected chi connectivity index (χ1v) is 15.5. The lowest BCUT2D eigenvalue weighted by molar-refractivity contribution is -0.204. The van der Waals surface area contributed by atoms with E-state index in [-0.39, 0.29) is 28.9 Å². The predicted molar refractivity (Wildman–Crippen MR) is 131 cm³/mol. The molecule has 2 N–H and O–H groups in total. The smallest absolute Gasteiger partial charge is 0.405 e. The third-order valence-electron chi connectivity index (χ3n) is 7.47. The largest absolute Gasteiger partial charge is 0.497 e. The quantitative estimate of drug-likeness (QED) is 0.466. The van der Waals surface area contributed by atoms with Gasteiger partial charge in [0.2, 0.25) is 0 Å². The van der Waals surface area contributed by atoms with Gasteiger partial charge in [-0.15, -0.1) is 5.54 Å². The minimum absolute atomic E-state index is 0.0741. The molecule has 7 heteroatoms. The molecule has 1 aromatic rings. The van der Waals surface area contributed by atoms with Gasteiger partial charge < -0.3 is 20.1 Å². The highest BCUT2D eigenvalue weighted by Gasteiger charge is 2.73. The Hall–Kier alpha value is -2.46. The number of hydrogen-bond acceptors (Lipinski definition) is 3. The average Bonchev–Trinajstić information content (AvgIpc) is 2.69. The van der Waals surface area contributed by atoms with E-state index in [0.717, 1.165) is 50.7 Å². The second-order valence-corrected chi connectivity index (χ2v) is 16.0. The standard InChI is InChI=1S/C26H36N2O4Si/c1-6-7-8-19-13-18-14-20(32-2)9-10-21(18)23(28(19)22(29)11-12-33(3,4)5)25-15-26(16-25,17-25)27-24(30)31/h9-10,14,19,23,27H,6-8,13,15-17H2,1-5H3,(H,30,31)/t19-,23+,25?,26?/m0/s1. The molecular weight excluding hydrogens is 432 g/mol. The van der Waals surface area contributed by atoms with Gasteiger partial charge in [-0.3, -0.25) is 4.79 Å². The van der Waals surface area contributed by atoms with Gasteiger partial charge in [0, 0.05) is 17.0 Å². The van der Waals surface area contributed by atoms with Gasteiger partial charge in [0.1, 0.15) is 13.8 Å². The molecule has 0 radical (unpaired) electrons. The second kappa shape index (κ2) is 8.39. The zero-order chi connectivity index (χ0) is 24.0. The predicted octanol–water partition coefficient (Wildman–Crippen LogP) is 4.75. The van der Waals surface area contributed by atoms with Gasteiger partial charge >= 0.3 is 6.09 Å². The molecule has 1 heterocycles. The maximum atomic E-state index is 13.7. The summed E-state index contributed by atoms with van der Waals surface area (Å²) in [6, 6.07) is 6.22. The van der Waals surface area contributed by atoms with Crippen molar-refractivity contribution in [1.82, 2.24) is 10.2 Å². The number of methoxy groups -OCH3 is 1. The third kappa shape index (κ3) is 4.38. The van der Waals surface area contributed by atoms with Crippen LogP contribution in [-0.2, 0) is 11.2 Å². The fourth-order valence-electron chi connectivity index (χ4n) is 6.28. The van der Waals surface area contributed by atoms with Crippen LogP contribution in [0.3, 0.4) is 0 Å². The molecular formula is C26H36N2O4Si. The van der Waals surface area contributed by atoms with Crippen LogP contribution in [0.2, 0.25) is 19.6 Å². The summed E-state index contributed by atoms with van der Waals surface area (Å²) >= 11 is 0. The maximum absolute atomic E-state index is 13.7. The third-order valence-corrected chi connectivity index (χ3v) is 8.34. The Morgan fingerprint density at radius 3 is 2.55 bits per heavy atom. The number of carbonyl (C=O) groups excluding carboxylic acids is 1. The molecule has 4 aliphatic rings. The average molecular weight is 469 g/mol. The number of nitrogens with zero attached hydrogens (tertiary/aromatic N) is 1. The van der Waals surface area contributed by atoms with Gasteiger partial charge in [-0.1, -0.05) is 45.5 Å². The highest BCUT2D eigenvalue weighted by Crippen LogP contribution is 2.74. The molecule has 2 bridgehead atoms. The van der Waals surface area contributed by atoms with Crippen LogP contribution in [0.5, 0.6) is 5.75 Å². The number of rotatable bonds is 6. The molecule has 0 aromatic heterocycles. The van der Waals surface area contributed by atoms with Crippen molar-refractivity contribution in [1.29, 1.82) is 0 Å². The highest BCUT2D eigenvalue weighted by molar-refractivity contribution is 6.84. The second-order valence-electron chi connectivity index (χ2n) is 11.3. The zero-order valence-electron chi connectivity index (χ0n) is 20.5. The summed E-state index contributed by atoms with van der Waals surface area (Å²) in [5.74, 6) is 3.79. The minimum Gasteiger partial charge on any atom is -0.497 e. The number of nitrogens with one attached hydrogen (secondary N) is 1. The van der Waals surface area contributed by atoms with Gasteiger partial charge in [-0.25, -0.2) is 4.79 Å². The summed E-state index contributed by atoms with van der Waals surface area (Å²) in [6.07, 6.45) is 5.23. The summed E-state index contributed by atoms with van der Waals surface area (Å²) in [6.45, 7) is 8.63. The maximum Gasteiger partial charge on any atom is 0.405 e. The van der Waals surface area contributed by atoms with Crippen molar-refractivity contribution >= 4 is 20.1 Å². The fraction of sp³-hybridized carbons (Fsp3) is 0.615. The van der Waals surface area contributed by atoms with Crippen LogP contribution in [0.4, 0.5) is 4.79 Å². The molecule has 33 heavy (non-hydrogen) atoms. The van der Waals surface area contributed by atoms with Crippen molar-refractivity contribution in [3.05, 3.63) is 29.3 Å². The molecule has 0 spiro atoms. The van der Waals surface area contributed by atoms with Gasteiger partial charge in [0.05, 0.1) is 13.2 Å². The molecule has 1 aliphatic heterocycles. The number of benzene rings is 1. The van der Waals surface area contributed by atoms with Crippen molar-refractivity contribution in [2.45, 2.75) is 89.1 Å². The first-order chi connectivity index (χ1) is 15.5. The Kier molecular flexibility index (Phi) is 6.02. The molecule has 178 valence electrons. The van der Waals surface area contributed by atoms with Crippen LogP contribution in [-0.4, -0.2) is 48.8 Å². The SMILES string of the molecule is CCCC[C@H]1Cc2cc(OC)ccc2[C@H](C23CC(NC(=O)O)(C2)C3)N1C(=O)C#C[Si](C)(C)C. The summed E-state index contributed by atoms with van der Waals surface area (Å²) in [7, 11) is -0.0168. The lowest BCUT2D eigenvalue weighted by Gasteiger charge is -2.74. The number of hydrogen-bond donors (Lipinski definition) is 2. The number of carboxylic acid groups (broad SMARTS) is 1. The van der Waals surface area contributed by atoms with Gasteiger partial charge in [-0.05, 0) is 61.3 Å².